The zero-order valence-electron chi connectivity index (χ0n) is 7.52. The third kappa shape index (κ3) is 2.78. The van der Waals surface area contributed by atoms with Gasteiger partial charge < -0.3 is 5.73 Å². The standard InChI is InChI=1S/C8H11N3S2/c1-6(7-4-3-5-13-7)10-11(2)8(9)12/h3-5H,1-2H3,(H2,9,12). The van der Waals surface area contributed by atoms with E-state index in [0.29, 0.717) is 0 Å². The van der Waals surface area contributed by atoms with E-state index >= 15 is 0 Å². The largest absolute Gasteiger partial charge is 0.375 e. The minimum atomic E-state index is 0.274. The van der Waals surface area contributed by atoms with Crippen LogP contribution >= 0.6 is 23.6 Å². The van der Waals surface area contributed by atoms with E-state index in [1.165, 1.54) is 5.01 Å². The van der Waals surface area contributed by atoms with Gasteiger partial charge in [0.2, 0.25) is 0 Å². The Morgan fingerprint density at radius 3 is 2.85 bits per heavy atom. The molecule has 0 saturated heterocycles. The molecule has 3 nitrogen and oxygen atoms in total. The Balaban J connectivity index is 2.78. The highest BCUT2D eigenvalue weighted by Gasteiger charge is 2.00. The Morgan fingerprint density at radius 2 is 2.38 bits per heavy atom. The van der Waals surface area contributed by atoms with E-state index in [4.69, 9.17) is 18.0 Å². The molecular weight excluding hydrogens is 202 g/mol. The predicted octanol–water partition coefficient (Wildman–Crippen LogP) is 1.65. The minimum Gasteiger partial charge on any atom is -0.375 e. The molecule has 1 aromatic heterocycles. The average Bonchev–Trinajstić information content (AvgIpc) is 2.55. The topological polar surface area (TPSA) is 41.6 Å². The van der Waals surface area contributed by atoms with E-state index in [1.54, 1.807) is 18.4 Å². The molecule has 0 aliphatic carbocycles. The number of nitrogens with two attached hydrogens (primary N) is 1. The van der Waals surface area contributed by atoms with Crippen LogP contribution in [0.4, 0.5) is 0 Å². The van der Waals surface area contributed by atoms with Crippen LogP contribution in [0.15, 0.2) is 22.6 Å². The van der Waals surface area contributed by atoms with Gasteiger partial charge in [0.25, 0.3) is 0 Å². The molecule has 0 bridgehead atoms. The zero-order valence-corrected chi connectivity index (χ0v) is 9.15. The molecule has 0 atom stereocenters. The molecule has 0 aliphatic rings. The van der Waals surface area contributed by atoms with Crippen molar-refractivity contribution >= 4 is 34.4 Å². The lowest BCUT2D eigenvalue weighted by atomic mass is 10.3. The molecular formula is C8H11N3S2. The van der Waals surface area contributed by atoms with Crippen LogP contribution < -0.4 is 5.73 Å². The molecule has 0 unspecified atom stereocenters. The first-order chi connectivity index (χ1) is 6.11. The van der Waals surface area contributed by atoms with Gasteiger partial charge in [0.1, 0.15) is 0 Å². The molecule has 1 heterocycles. The molecule has 5 heteroatoms. The van der Waals surface area contributed by atoms with Crippen molar-refractivity contribution < 1.29 is 0 Å². The molecule has 1 aromatic rings. The predicted molar refractivity (Wildman–Crippen MR) is 61.1 cm³/mol. The summed E-state index contributed by atoms with van der Waals surface area (Å²) in [6, 6.07) is 4.00. The molecule has 2 N–H and O–H groups in total. The van der Waals surface area contributed by atoms with Crippen LogP contribution in [0, 0.1) is 0 Å². The highest BCUT2D eigenvalue weighted by atomic mass is 32.1. The van der Waals surface area contributed by atoms with E-state index in [0.717, 1.165) is 10.6 Å². The Kier molecular flexibility index (Phi) is 3.39. The van der Waals surface area contributed by atoms with Crippen LogP contribution in [-0.4, -0.2) is 22.9 Å². The van der Waals surface area contributed by atoms with Gasteiger partial charge in [-0.3, -0.25) is 0 Å². The average molecular weight is 213 g/mol. The summed E-state index contributed by atoms with van der Waals surface area (Å²) in [5.74, 6) is 0. The number of hydrogen-bond donors (Lipinski definition) is 1. The summed E-state index contributed by atoms with van der Waals surface area (Å²) >= 11 is 6.41. The van der Waals surface area contributed by atoms with Gasteiger partial charge in [0.05, 0.1) is 10.6 Å². The van der Waals surface area contributed by atoms with Gasteiger partial charge in [-0.15, -0.1) is 11.3 Å². The number of hydrogen-bond acceptors (Lipinski definition) is 3. The van der Waals surface area contributed by atoms with E-state index in [-0.39, 0.29) is 5.11 Å². The molecule has 0 radical (unpaired) electrons. The van der Waals surface area contributed by atoms with Crippen molar-refractivity contribution in [3.63, 3.8) is 0 Å². The van der Waals surface area contributed by atoms with Crippen LogP contribution in [-0.2, 0) is 0 Å². The number of hydrazone groups is 1. The van der Waals surface area contributed by atoms with Crippen LogP contribution in [0.2, 0.25) is 0 Å². The van der Waals surface area contributed by atoms with Gasteiger partial charge in [-0.25, -0.2) is 5.01 Å². The summed E-state index contributed by atoms with van der Waals surface area (Å²) in [5, 5.41) is 7.99. The number of thiophene rings is 1. The quantitative estimate of drug-likeness (QED) is 0.461. The fraction of sp³-hybridized carbons (Fsp3) is 0.250. The van der Waals surface area contributed by atoms with Crippen molar-refractivity contribution in [2.24, 2.45) is 10.8 Å². The first kappa shape index (κ1) is 10.1. The van der Waals surface area contributed by atoms with E-state index < -0.39 is 0 Å². The molecule has 0 amide bonds. The van der Waals surface area contributed by atoms with Crippen molar-refractivity contribution in [1.82, 2.24) is 5.01 Å². The SMILES string of the molecule is CC(=NN(C)C(N)=S)c1cccs1. The summed E-state index contributed by atoms with van der Waals surface area (Å²) in [6.45, 7) is 1.93. The van der Waals surface area contributed by atoms with Gasteiger partial charge in [-0.1, -0.05) is 6.07 Å². The van der Waals surface area contributed by atoms with Crippen LogP contribution in [0.3, 0.4) is 0 Å². The van der Waals surface area contributed by atoms with Crippen molar-refractivity contribution in [1.29, 1.82) is 0 Å². The summed E-state index contributed by atoms with van der Waals surface area (Å²) < 4.78 is 0. The molecule has 13 heavy (non-hydrogen) atoms. The van der Waals surface area contributed by atoms with Gasteiger partial charge in [0.15, 0.2) is 5.11 Å². The highest BCUT2D eigenvalue weighted by molar-refractivity contribution is 7.80. The maximum atomic E-state index is 5.39. The first-order valence-corrected chi connectivity index (χ1v) is 5.02. The van der Waals surface area contributed by atoms with Gasteiger partial charge in [0, 0.05) is 7.05 Å². The number of nitrogens with zero attached hydrogens (tertiary/aromatic N) is 2. The second kappa shape index (κ2) is 4.34. The Hall–Kier alpha value is -0.940. The molecule has 70 valence electrons. The third-order valence-corrected chi connectivity index (χ3v) is 2.74. The molecule has 0 aliphatic heterocycles. The first-order valence-electron chi connectivity index (χ1n) is 3.73. The van der Waals surface area contributed by atoms with Crippen molar-refractivity contribution in [3.05, 3.63) is 22.4 Å². The van der Waals surface area contributed by atoms with E-state index in [2.05, 4.69) is 5.10 Å². The monoisotopic (exact) mass is 213 g/mol. The highest BCUT2D eigenvalue weighted by Crippen LogP contribution is 2.10. The lowest BCUT2D eigenvalue weighted by molar-refractivity contribution is 0.549. The van der Waals surface area contributed by atoms with Gasteiger partial charge in [-0.2, -0.15) is 5.10 Å². The maximum Gasteiger partial charge on any atom is 0.186 e. The Bertz CT molecular complexity index is 316. The lowest BCUT2D eigenvalue weighted by Crippen LogP contribution is -2.27. The van der Waals surface area contributed by atoms with Crippen LogP contribution in [0.5, 0.6) is 0 Å². The van der Waals surface area contributed by atoms with E-state index in [9.17, 15) is 0 Å². The van der Waals surface area contributed by atoms with Crippen molar-refractivity contribution in [2.75, 3.05) is 7.05 Å². The van der Waals surface area contributed by atoms with Crippen LogP contribution in [0.1, 0.15) is 11.8 Å². The third-order valence-electron chi connectivity index (χ3n) is 1.50. The molecule has 0 saturated carbocycles. The van der Waals surface area contributed by atoms with Gasteiger partial charge >= 0.3 is 0 Å². The Morgan fingerprint density at radius 1 is 1.69 bits per heavy atom. The summed E-state index contributed by atoms with van der Waals surface area (Å²) in [6.07, 6.45) is 0. The Labute approximate surface area is 86.9 Å². The smallest absolute Gasteiger partial charge is 0.186 e. The van der Waals surface area contributed by atoms with Crippen molar-refractivity contribution in [2.45, 2.75) is 6.92 Å². The second-order valence-corrected chi connectivity index (χ2v) is 3.89. The summed E-state index contributed by atoms with van der Waals surface area (Å²) in [7, 11) is 1.74. The van der Waals surface area contributed by atoms with Crippen molar-refractivity contribution in [3.8, 4) is 0 Å². The summed E-state index contributed by atoms with van der Waals surface area (Å²) in [5.41, 5.74) is 6.31. The number of rotatable bonds is 2. The van der Waals surface area contributed by atoms with Crippen LogP contribution in [0.25, 0.3) is 0 Å². The zero-order chi connectivity index (χ0) is 9.84. The van der Waals surface area contributed by atoms with E-state index in [1.807, 2.05) is 24.4 Å². The second-order valence-electron chi connectivity index (χ2n) is 2.52. The maximum absolute atomic E-state index is 5.39. The number of thiocarbonyl (C=S) groups is 1. The fourth-order valence-electron chi connectivity index (χ4n) is 0.808. The molecule has 0 spiro atoms. The molecule has 0 fully saturated rings. The summed E-state index contributed by atoms with van der Waals surface area (Å²) in [4.78, 5) is 1.13. The van der Waals surface area contributed by atoms with Gasteiger partial charge in [-0.05, 0) is 30.6 Å². The lowest BCUT2D eigenvalue weighted by Gasteiger charge is -2.10. The fourth-order valence-corrected chi connectivity index (χ4v) is 1.52. The normalized spacial score (nSPS) is 11.4. The minimum absolute atomic E-state index is 0.274. The molecule has 1 rings (SSSR count). The molecule has 0 aromatic carbocycles.